The smallest absolute Gasteiger partial charge is 0.248 e. The normalized spacial score (nSPS) is 16.4. The predicted octanol–water partition coefficient (Wildman–Crippen LogP) is 5.73. The summed E-state index contributed by atoms with van der Waals surface area (Å²) in [5.41, 5.74) is 3.56. The van der Waals surface area contributed by atoms with E-state index in [4.69, 9.17) is 14.5 Å². The average Bonchev–Trinajstić information content (AvgIpc) is 3.58. The highest BCUT2D eigenvalue weighted by Crippen LogP contribution is 2.45. The Hall–Kier alpha value is -4.72. The number of ether oxygens (including phenoxy) is 2. The van der Waals surface area contributed by atoms with E-state index in [2.05, 4.69) is 17.6 Å². The first-order valence-electron chi connectivity index (χ1n) is 16.4. The van der Waals surface area contributed by atoms with E-state index < -0.39 is 39.8 Å². The van der Waals surface area contributed by atoms with E-state index in [0.29, 0.717) is 58.9 Å². The van der Waals surface area contributed by atoms with Crippen LogP contribution < -0.4 is 15.4 Å². The Morgan fingerprint density at radius 2 is 1.90 bits per heavy atom. The number of carbonyl (C=O) groups is 2. The van der Waals surface area contributed by atoms with Gasteiger partial charge in [0.05, 0.1) is 46.1 Å². The fourth-order valence-electron chi connectivity index (χ4n) is 6.61. The zero-order valence-corrected chi connectivity index (χ0v) is 29.0. The van der Waals surface area contributed by atoms with Gasteiger partial charge in [0.15, 0.2) is 0 Å². The molecule has 4 heterocycles. The first-order chi connectivity index (χ1) is 24.0. The number of hydrogen-bond donors (Lipinski definition) is 2. The molecule has 1 amide bonds. The highest BCUT2D eigenvalue weighted by molar-refractivity contribution is 7.85. The van der Waals surface area contributed by atoms with Gasteiger partial charge < -0.3 is 29.1 Å². The molecule has 3 aromatic heterocycles. The van der Waals surface area contributed by atoms with E-state index in [-0.39, 0.29) is 22.5 Å². The average molecular weight is 702 g/mol. The van der Waals surface area contributed by atoms with Crippen molar-refractivity contribution < 1.29 is 32.1 Å². The molecule has 260 valence electrons. The number of carbonyl (C=O) groups excluding carboxylic acids is 2. The second kappa shape index (κ2) is 13.2. The number of aromatic nitrogens is 3. The van der Waals surface area contributed by atoms with Gasteiger partial charge in [0.2, 0.25) is 11.7 Å². The van der Waals surface area contributed by atoms with E-state index in [0.717, 1.165) is 41.9 Å². The van der Waals surface area contributed by atoms with Gasteiger partial charge in [-0.2, -0.15) is 0 Å². The minimum absolute atomic E-state index is 0.0857. The minimum atomic E-state index is -1.49. The van der Waals surface area contributed by atoms with Crippen LogP contribution in [0, 0.1) is 18.6 Å². The SMILES string of the molecule is COCCn1c(C)nc2c3c(c(OC)cc21)-c1cccn2c(C(=O)c4cc(F)c(NC(=O)/C=C/CNC5(C)CC5)c(F)c4)cc(c12)CCS3=O. The molecule has 2 aliphatic rings. The number of halogens is 2. The van der Waals surface area contributed by atoms with Crippen LogP contribution in [-0.2, 0) is 33.3 Å². The van der Waals surface area contributed by atoms with Gasteiger partial charge in [-0.1, -0.05) is 12.1 Å². The molecule has 13 heteroatoms. The highest BCUT2D eigenvalue weighted by atomic mass is 32.2. The number of hydrogen-bond acceptors (Lipinski definition) is 7. The summed E-state index contributed by atoms with van der Waals surface area (Å²) in [6.45, 7) is 5.45. The molecular formula is C37H37F2N5O5S. The van der Waals surface area contributed by atoms with Crippen LogP contribution in [0.5, 0.6) is 5.75 Å². The van der Waals surface area contributed by atoms with Gasteiger partial charge in [-0.3, -0.25) is 13.8 Å². The number of rotatable bonds is 11. The maximum Gasteiger partial charge on any atom is 0.248 e. The molecule has 7 rings (SSSR count). The highest BCUT2D eigenvalue weighted by Gasteiger charge is 2.36. The van der Waals surface area contributed by atoms with Gasteiger partial charge >= 0.3 is 0 Å². The van der Waals surface area contributed by atoms with Crippen molar-refractivity contribution in [1.82, 2.24) is 19.3 Å². The molecule has 2 aromatic carbocycles. The summed E-state index contributed by atoms with van der Waals surface area (Å²) in [5, 5.41) is 5.54. The Labute approximate surface area is 289 Å². The summed E-state index contributed by atoms with van der Waals surface area (Å²) >= 11 is 0. The van der Waals surface area contributed by atoms with E-state index >= 15 is 8.78 Å². The molecular weight excluding hydrogens is 665 g/mol. The van der Waals surface area contributed by atoms with E-state index in [1.165, 1.54) is 6.08 Å². The molecule has 50 heavy (non-hydrogen) atoms. The Bertz CT molecular complexity index is 2230. The summed E-state index contributed by atoms with van der Waals surface area (Å²) in [6, 6.07) is 9.06. The standard InChI is InChI=1S/C37H37F2N5O5S/c1-21-41-33-27(43(21)14-15-48-3)20-29(49-4)31-24-7-6-13-44-28(19-22(34(24)44)9-16-50(47)36(31)33)35(46)23-17-25(38)32(26(39)18-23)42-30(45)8-5-12-40-37(2)10-11-37/h5-8,13,17-20,40H,9-12,14-16H2,1-4H3,(H,42,45)/b8-5+. The Morgan fingerprint density at radius 1 is 1.14 bits per heavy atom. The summed E-state index contributed by atoms with van der Waals surface area (Å²) < 4.78 is 59.5. The van der Waals surface area contributed by atoms with Crippen LogP contribution in [-0.4, -0.2) is 68.5 Å². The number of ketones is 1. The van der Waals surface area contributed by atoms with Crippen LogP contribution in [0.15, 0.2) is 59.6 Å². The number of anilines is 1. The molecule has 1 fully saturated rings. The number of amides is 1. The van der Waals surface area contributed by atoms with Gasteiger partial charge in [-0.25, -0.2) is 13.8 Å². The number of methoxy groups -OCH3 is 2. The van der Waals surface area contributed by atoms with Crippen molar-refractivity contribution >= 4 is 44.7 Å². The summed E-state index contributed by atoms with van der Waals surface area (Å²) in [7, 11) is 1.70. The minimum Gasteiger partial charge on any atom is -0.496 e. The lowest BCUT2D eigenvalue weighted by Gasteiger charge is -2.19. The molecule has 0 radical (unpaired) electrons. The lowest BCUT2D eigenvalue weighted by atomic mass is 10.0. The molecule has 0 saturated heterocycles. The number of fused-ring (bicyclic) bond motifs is 4. The number of benzene rings is 2. The first kappa shape index (κ1) is 33.8. The van der Waals surface area contributed by atoms with Gasteiger partial charge in [-0.15, -0.1) is 0 Å². The summed E-state index contributed by atoms with van der Waals surface area (Å²) in [6.07, 6.45) is 7.02. The lowest BCUT2D eigenvalue weighted by Crippen LogP contribution is -2.27. The summed E-state index contributed by atoms with van der Waals surface area (Å²) in [5.74, 6) is -1.95. The largest absolute Gasteiger partial charge is 0.496 e. The maximum atomic E-state index is 15.3. The van der Waals surface area contributed by atoms with Gasteiger partial charge in [0, 0.05) is 66.5 Å². The zero-order chi connectivity index (χ0) is 35.3. The topological polar surface area (TPSA) is 116 Å². The molecule has 1 unspecified atom stereocenters. The monoisotopic (exact) mass is 701 g/mol. The molecule has 0 spiro atoms. The molecule has 1 saturated carbocycles. The zero-order valence-electron chi connectivity index (χ0n) is 28.2. The van der Waals surface area contributed by atoms with Crippen LogP contribution in [0.3, 0.4) is 0 Å². The second-order valence-corrected chi connectivity index (χ2v) is 14.4. The predicted molar refractivity (Wildman–Crippen MR) is 187 cm³/mol. The van der Waals surface area contributed by atoms with Crippen molar-refractivity contribution in [2.45, 2.75) is 50.1 Å². The third-order valence-electron chi connectivity index (χ3n) is 9.52. The van der Waals surface area contributed by atoms with Crippen molar-refractivity contribution in [2.75, 3.05) is 38.4 Å². The molecule has 2 N–H and O–H groups in total. The third kappa shape index (κ3) is 6.03. The molecule has 0 bridgehead atoms. The first-order valence-corrected chi connectivity index (χ1v) is 17.7. The fourth-order valence-corrected chi connectivity index (χ4v) is 8.02. The quantitative estimate of drug-likeness (QED) is 0.134. The van der Waals surface area contributed by atoms with Crippen molar-refractivity contribution in [3.8, 4) is 16.9 Å². The molecule has 5 aromatic rings. The van der Waals surface area contributed by atoms with E-state index in [1.807, 2.05) is 23.6 Å². The Balaban J connectivity index is 1.26. The van der Waals surface area contributed by atoms with Crippen LogP contribution in [0.25, 0.3) is 27.7 Å². The third-order valence-corrected chi connectivity index (χ3v) is 10.9. The number of nitrogens with zero attached hydrogens (tertiary/aromatic N) is 3. The van der Waals surface area contributed by atoms with Crippen molar-refractivity contribution in [2.24, 2.45) is 0 Å². The Morgan fingerprint density at radius 3 is 2.60 bits per heavy atom. The van der Waals surface area contributed by atoms with Crippen LogP contribution in [0.2, 0.25) is 0 Å². The van der Waals surface area contributed by atoms with Crippen LogP contribution in [0.4, 0.5) is 14.5 Å². The second-order valence-electron chi connectivity index (χ2n) is 12.9. The lowest BCUT2D eigenvalue weighted by molar-refractivity contribution is -0.112. The van der Waals surface area contributed by atoms with Gasteiger partial charge in [0.1, 0.15) is 34.4 Å². The van der Waals surface area contributed by atoms with Crippen LogP contribution in [0.1, 0.15) is 47.2 Å². The molecule has 1 aliphatic carbocycles. The number of aryl methyl sites for hydroxylation is 2. The number of imidazole rings is 1. The number of pyridine rings is 1. The van der Waals surface area contributed by atoms with Crippen molar-refractivity contribution in [3.63, 3.8) is 0 Å². The summed E-state index contributed by atoms with van der Waals surface area (Å²) in [4.78, 5) is 31.7. The van der Waals surface area contributed by atoms with Crippen molar-refractivity contribution in [1.29, 1.82) is 0 Å². The van der Waals surface area contributed by atoms with Gasteiger partial charge in [0.25, 0.3) is 0 Å². The van der Waals surface area contributed by atoms with E-state index in [1.54, 1.807) is 43.0 Å². The maximum absolute atomic E-state index is 15.3. The van der Waals surface area contributed by atoms with E-state index in [9.17, 15) is 13.8 Å². The molecule has 1 aliphatic heterocycles. The fraction of sp³-hybridized carbons (Fsp3) is 0.324. The van der Waals surface area contributed by atoms with Gasteiger partial charge in [-0.05, 0) is 62.9 Å². The van der Waals surface area contributed by atoms with Crippen LogP contribution >= 0.6 is 0 Å². The Kier molecular flexibility index (Phi) is 8.91. The van der Waals surface area contributed by atoms with Crippen molar-refractivity contribution in [3.05, 3.63) is 89.0 Å². The number of nitrogens with one attached hydrogen (secondary N) is 2. The molecule has 10 nitrogen and oxygen atoms in total. The molecule has 1 atom stereocenters.